The van der Waals surface area contributed by atoms with Crippen molar-refractivity contribution < 1.29 is 17.9 Å². The monoisotopic (exact) mass is 430 g/mol. The highest BCUT2D eigenvalue weighted by atomic mass is 19.4. The molecule has 1 heterocycles. The molecule has 0 aliphatic rings. The van der Waals surface area contributed by atoms with Gasteiger partial charge >= 0.3 is 6.36 Å². The highest BCUT2D eigenvalue weighted by Crippen LogP contribution is 2.29. The predicted octanol–water partition coefficient (Wildman–Crippen LogP) is 6.17. The number of rotatable bonds is 8. The van der Waals surface area contributed by atoms with Gasteiger partial charge < -0.3 is 15.4 Å². The van der Waals surface area contributed by atoms with Gasteiger partial charge in [0.25, 0.3) is 0 Å². The van der Waals surface area contributed by atoms with E-state index in [4.69, 9.17) is 0 Å². The fourth-order valence-corrected chi connectivity index (χ4v) is 2.94. The second-order valence-electron chi connectivity index (χ2n) is 7.33. The number of nitrogens with zero attached hydrogens (tertiary/aromatic N) is 2. The molecule has 0 saturated carbocycles. The lowest BCUT2D eigenvalue weighted by Crippen LogP contribution is -2.17. The fraction of sp³-hybridized carbons (Fsp3) is 0.304. The Morgan fingerprint density at radius 3 is 2.52 bits per heavy atom. The topological polar surface area (TPSA) is 59.1 Å². The summed E-state index contributed by atoms with van der Waals surface area (Å²) in [6, 6.07) is 15.7. The summed E-state index contributed by atoms with van der Waals surface area (Å²) in [6.45, 7) is 6.62. The first kappa shape index (κ1) is 22.4. The zero-order chi connectivity index (χ0) is 22.4. The van der Waals surface area contributed by atoms with E-state index in [1.54, 1.807) is 12.1 Å². The number of hydrogen-bond acceptors (Lipinski definition) is 5. The zero-order valence-electron chi connectivity index (χ0n) is 17.6. The maximum atomic E-state index is 12.6. The molecule has 3 rings (SSSR count). The van der Waals surface area contributed by atoms with Gasteiger partial charge in [-0.15, -0.1) is 13.2 Å². The highest BCUT2D eigenvalue weighted by Gasteiger charge is 2.31. The van der Waals surface area contributed by atoms with Gasteiger partial charge in [-0.1, -0.05) is 48.9 Å². The predicted molar refractivity (Wildman–Crippen MR) is 116 cm³/mol. The maximum absolute atomic E-state index is 12.6. The molecule has 0 amide bonds. The van der Waals surface area contributed by atoms with Crippen LogP contribution in [0.5, 0.6) is 5.75 Å². The van der Waals surface area contributed by atoms with Crippen LogP contribution in [0.25, 0.3) is 11.3 Å². The number of nitrogens with one attached hydrogen (secondary N) is 2. The minimum atomic E-state index is -4.76. The van der Waals surface area contributed by atoms with E-state index in [0.29, 0.717) is 29.6 Å². The first-order valence-electron chi connectivity index (χ1n) is 10.0. The lowest BCUT2D eigenvalue weighted by molar-refractivity contribution is -0.274. The SMILES string of the molecule is CC[C@@H](C)Nc1nc(NCc2cccc(C)c2)cc(-c2cccc(OC(F)(F)F)c2)n1. The third-order valence-electron chi connectivity index (χ3n) is 4.63. The molecule has 0 aliphatic heterocycles. The summed E-state index contributed by atoms with van der Waals surface area (Å²) in [4.78, 5) is 9.02. The van der Waals surface area contributed by atoms with E-state index < -0.39 is 6.36 Å². The molecule has 31 heavy (non-hydrogen) atoms. The van der Waals surface area contributed by atoms with Crippen LogP contribution in [0.4, 0.5) is 24.9 Å². The molecule has 2 N–H and O–H groups in total. The van der Waals surface area contributed by atoms with Gasteiger partial charge in [0.15, 0.2) is 0 Å². The van der Waals surface area contributed by atoms with Gasteiger partial charge in [-0.2, -0.15) is 4.98 Å². The van der Waals surface area contributed by atoms with Crippen LogP contribution in [0, 0.1) is 6.92 Å². The van der Waals surface area contributed by atoms with Crippen molar-refractivity contribution in [2.75, 3.05) is 10.6 Å². The number of benzene rings is 2. The smallest absolute Gasteiger partial charge is 0.406 e. The van der Waals surface area contributed by atoms with E-state index in [-0.39, 0.29) is 11.8 Å². The van der Waals surface area contributed by atoms with Crippen LogP contribution >= 0.6 is 0 Å². The van der Waals surface area contributed by atoms with Crippen molar-refractivity contribution in [3.63, 3.8) is 0 Å². The van der Waals surface area contributed by atoms with Crippen LogP contribution in [0.3, 0.4) is 0 Å². The lowest BCUT2D eigenvalue weighted by atomic mass is 10.1. The number of anilines is 2. The molecule has 2 aromatic carbocycles. The Morgan fingerprint density at radius 2 is 1.81 bits per heavy atom. The molecule has 8 heteroatoms. The first-order chi connectivity index (χ1) is 14.7. The van der Waals surface area contributed by atoms with Crippen molar-refractivity contribution in [1.82, 2.24) is 9.97 Å². The Bertz CT molecular complexity index is 1020. The Hall–Kier alpha value is -3.29. The Kier molecular flexibility index (Phi) is 6.99. The summed E-state index contributed by atoms with van der Waals surface area (Å²) in [7, 11) is 0. The van der Waals surface area contributed by atoms with Crippen LogP contribution in [-0.4, -0.2) is 22.4 Å². The average molecular weight is 430 g/mol. The van der Waals surface area contributed by atoms with Gasteiger partial charge in [0.1, 0.15) is 11.6 Å². The minimum absolute atomic E-state index is 0.139. The number of hydrogen-bond donors (Lipinski definition) is 2. The fourth-order valence-electron chi connectivity index (χ4n) is 2.94. The van der Waals surface area contributed by atoms with Gasteiger partial charge in [-0.05, 0) is 38.0 Å². The van der Waals surface area contributed by atoms with Gasteiger partial charge in [-0.25, -0.2) is 4.98 Å². The van der Waals surface area contributed by atoms with Crippen LogP contribution in [-0.2, 0) is 6.54 Å². The van der Waals surface area contributed by atoms with Gasteiger partial charge in [0, 0.05) is 24.2 Å². The number of alkyl halides is 3. The van der Waals surface area contributed by atoms with Crippen LogP contribution < -0.4 is 15.4 Å². The van der Waals surface area contributed by atoms with Crippen molar-refractivity contribution >= 4 is 11.8 Å². The Balaban J connectivity index is 1.90. The molecule has 5 nitrogen and oxygen atoms in total. The summed E-state index contributed by atoms with van der Waals surface area (Å²) in [6.07, 6.45) is -3.89. The molecule has 0 radical (unpaired) electrons. The molecule has 0 bridgehead atoms. The van der Waals surface area contributed by atoms with Crippen molar-refractivity contribution in [2.45, 2.75) is 46.1 Å². The molecule has 1 aromatic heterocycles. The summed E-state index contributed by atoms with van der Waals surface area (Å²) in [5.74, 6) is 0.675. The van der Waals surface area contributed by atoms with Crippen molar-refractivity contribution in [2.24, 2.45) is 0 Å². The van der Waals surface area contributed by atoms with Crippen LogP contribution in [0.2, 0.25) is 0 Å². The zero-order valence-corrected chi connectivity index (χ0v) is 17.6. The largest absolute Gasteiger partial charge is 0.573 e. The second kappa shape index (κ2) is 9.68. The summed E-state index contributed by atoms with van der Waals surface area (Å²) < 4.78 is 41.9. The van der Waals surface area contributed by atoms with Gasteiger partial charge in [0.05, 0.1) is 5.69 Å². The van der Waals surface area contributed by atoms with E-state index in [1.807, 2.05) is 39.0 Å². The van der Waals surface area contributed by atoms with Gasteiger partial charge in [-0.3, -0.25) is 0 Å². The quantitative estimate of drug-likeness (QED) is 0.447. The van der Waals surface area contributed by atoms with Crippen molar-refractivity contribution in [1.29, 1.82) is 0 Å². The normalized spacial score (nSPS) is 12.3. The number of halogens is 3. The summed E-state index contributed by atoms with van der Waals surface area (Å²) >= 11 is 0. The summed E-state index contributed by atoms with van der Waals surface area (Å²) in [5, 5.41) is 6.51. The van der Waals surface area contributed by atoms with Crippen LogP contribution in [0.15, 0.2) is 54.6 Å². The van der Waals surface area contributed by atoms with E-state index in [0.717, 1.165) is 17.5 Å². The van der Waals surface area contributed by atoms with Crippen molar-refractivity contribution in [3.05, 3.63) is 65.7 Å². The molecule has 0 saturated heterocycles. The van der Waals surface area contributed by atoms with Gasteiger partial charge in [0.2, 0.25) is 5.95 Å². The molecule has 0 unspecified atom stereocenters. The second-order valence-corrected chi connectivity index (χ2v) is 7.33. The average Bonchev–Trinajstić information content (AvgIpc) is 2.71. The number of aromatic nitrogens is 2. The number of ether oxygens (including phenoxy) is 1. The molecule has 0 fully saturated rings. The molecular weight excluding hydrogens is 405 g/mol. The third kappa shape index (κ3) is 6.87. The Labute approximate surface area is 179 Å². The standard InChI is InChI=1S/C23H25F3N4O/c1-4-16(3)28-22-29-20(18-9-6-10-19(12-18)31-23(24,25)26)13-21(30-22)27-14-17-8-5-7-15(2)11-17/h5-13,16H,4,14H2,1-3H3,(H2,27,28,29,30)/t16-/m1/s1. The minimum Gasteiger partial charge on any atom is -0.406 e. The molecule has 3 aromatic rings. The molecule has 1 atom stereocenters. The van der Waals surface area contributed by atoms with E-state index in [1.165, 1.54) is 18.2 Å². The van der Waals surface area contributed by atoms with E-state index in [9.17, 15) is 13.2 Å². The summed E-state index contributed by atoms with van der Waals surface area (Å²) in [5.41, 5.74) is 3.23. The highest BCUT2D eigenvalue weighted by molar-refractivity contribution is 5.66. The van der Waals surface area contributed by atoms with E-state index in [2.05, 4.69) is 31.4 Å². The number of aryl methyl sites for hydroxylation is 1. The molecular formula is C23H25F3N4O. The molecule has 0 spiro atoms. The Morgan fingerprint density at radius 1 is 1.03 bits per heavy atom. The molecule has 0 aliphatic carbocycles. The first-order valence-corrected chi connectivity index (χ1v) is 10.0. The molecule has 164 valence electrons. The van der Waals surface area contributed by atoms with Crippen LogP contribution in [0.1, 0.15) is 31.4 Å². The lowest BCUT2D eigenvalue weighted by Gasteiger charge is -2.15. The third-order valence-corrected chi connectivity index (χ3v) is 4.63. The van der Waals surface area contributed by atoms with Crippen molar-refractivity contribution in [3.8, 4) is 17.0 Å². The maximum Gasteiger partial charge on any atom is 0.573 e. The van der Waals surface area contributed by atoms with E-state index >= 15 is 0 Å².